The molecule has 4 aromatic rings. The lowest BCUT2D eigenvalue weighted by Gasteiger charge is -2.13. The van der Waals surface area contributed by atoms with Crippen molar-refractivity contribution in [1.29, 1.82) is 0 Å². The van der Waals surface area contributed by atoms with Gasteiger partial charge in [-0.1, -0.05) is 54.1 Å². The molecule has 0 spiro atoms. The first-order chi connectivity index (χ1) is 14.6. The fourth-order valence-corrected chi connectivity index (χ4v) is 5.00. The third kappa shape index (κ3) is 3.33. The Kier molecular flexibility index (Phi) is 5.72. The van der Waals surface area contributed by atoms with Gasteiger partial charge in [-0.3, -0.25) is 4.79 Å². The van der Waals surface area contributed by atoms with E-state index in [-0.39, 0.29) is 11.6 Å². The lowest BCUT2D eigenvalue weighted by Crippen LogP contribution is -2.06. The van der Waals surface area contributed by atoms with Crippen LogP contribution in [0, 0.1) is 0 Å². The standard InChI is InChI=1S/C23H18ClNO4S/c1-28-13-25-19(15-8-10-16(24)11-9-15)18(14-6-4-3-5-7-14)22-20(25)17(12-26)21(30-22)23(27)29-2/h3-12H,13H2,1-2H3. The molecule has 0 N–H and O–H groups in total. The molecule has 2 heterocycles. The number of methoxy groups -OCH3 is 2. The maximum atomic E-state index is 12.3. The Hall–Kier alpha value is -2.93. The van der Waals surface area contributed by atoms with Crippen molar-refractivity contribution in [2.24, 2.45) is 0 Å². The fourth-order valence-electron chi connectivity index (χ4n) is 3.62. The molecule has 30 heavy (non-hydrogen) atoms. The molecule has 5 nitrogen and oxygen atoms in total. The minimum Gasteiger partial charge on any atom is -0.465 e. The van der Waals surface area contributed by atoms with Crippen LogP contribution in [0.2, 0.25) is 5.02 Å². The maximum Gasteiger partial charge on any atom is 0.348 e. The molecule has 2 aromatic carbocycles. The number of esters is 1. The SMILES string of the molecule is COCn1c(-c2ccc(Cl)cc2)c(-c2ccccc2)c2sc(C(=O)OC)c(C=O)c21. The second-order valence-electron chi connectivity index (χ2n) is 6.57. The highest BCUT2D eigenvalue weighted by atomic mass is 35.5. The summed E-state index contributed by atoms with van der Waals surface area (Å²) in [6.45, 7) is 0.208. The van der Waals surface area contributed by atoms with Gasteiger partial charge in [-0.2, -0.15) is 0 Å². The minimum absolute atomic E-state index is 0.208. The van der Waals surface area contributed by atoms with E-state index in [2.05, 4.69) is 0 Å². The number of fused-ring (bicyclic) bond motifs is 1. The van der Waals surface area contributed by atoms with Crippen LogP contribution in [0.3, 0.4) is 0 Å². The monoisotopic (exact) mass is 439 g/mol. The van der Waals surface area contributed by atoms with Gasteiger partial charge in [0.25, 0.3) is 0 Å². The highest BCUT2D eigenvalue weighted by Crippen LogP contribution is 2.46. The number of rotatable bonds is 6. The average molecular weight is 440 g/mol. The van der Waals surface area contributed by atoms with Gasteiger partial charge in [-0.05, 0) is 23.3 Å². The highest BCUT2D eigenvalue weighted by Gasteiger charge is 2.28. The Morgan fingerprint density at radius 1 is 1.07 bits per heavy atom. The number of hydrogen-bond donors (Lipinski definition) is 0. The van der Waals surface area contributed by atoms with Crippen LogP contribution in [0.25, 0.3) is 32.6 Å². The molecular weight excluding hydrogens is 422 g/mol. The first kappa shape index (κ1) is 20.3. The number of ether oxygens (including phenoxy) is 2. The molecular formula is C23H18ClNO4S. The number of nitrogens with zero attached hydrogens (tertiary/aromatic N) is 1. The molecule has 7 heteroatoms. The van der Waals surface area contributed by atoms with Crippen molar-refractivity contribution in [3.05, 3.63) is 70.1 Å². The number of aldehydes is 1. The van der Waals surface area contributed by atoms with Crippen molar-refractivity contribution < 1.29 is 19.1 Å². The number of halogens is 1. The van der Waals surface area contributed by atoms with Crippen LogP contribution in [-0.2, 0) is 16.2 Å². The molecule has 0 unspecified atom stereocenters. The van der Waals surface area contributed by atoms with E-state index in [1.54, 1.807) is 7.11 Å². The van der Waals surface area contributed by atoms with Gasteiger partial charge in [-0.15, -0.1) is 11.3 Å². The Bertz CT molecular complexity index is 1230. The van der Waals surface area contributed by atoms with Crippen LogP contribution in [-0.4, -0.2) is 31.0 Å². The van der Waals surface area contributed by atoms with E-state index in [1.165, 1.54) is 18.4 Å². The predicted molar refractivity (Wildman–Crippen MR) is 119 cm³/mol. The average Bonchev–Trinajstić information content (AvgIpc) is 3.29. The summed E-state index contributed by atoms with van der Waals surface area (Å²) in [6, 6.07) is 17.4. The van der Waals surface area contributed by atoms with Crippen LogP contribution >= 0.6 is 22.9 Å². The van der Waals surface area contributed by atoms with Crippen molar-refractivity contribution in [2.45, 2.75) is 6.73 Å². The summed E-state index contributed by atoms with van der Waals surface area (Å²) in [6.07, 6.45) is 0.706. The van der Waals surface area contributed by atoms with Crippen molar-refractivity contribution >= 4 is 45.4 Å². The zero-order valence-electron chi connectivity index (χ0n) is 16.3. The van der Waals surface area contributed by atoms with Gasteiger partial charge in [0.05, 0.1) is 28.6 Å². The van der Waals surface area contributed by atoms with Gasteiger partial charge in [0.15, 0.2) is 6.29 Å². The van der Waals surface area contributed by atoms with Crippen molar-refractivity contribution in [3.63, 3.8) is 0 Å². The van der Waals surface area contributed by atoms with E-state index in [9.17, 15) is 9.59 Å². The van der Waals surface area contributed by atoms with E-state index in [0.29, 0.717) is 22.4 Å². The molecule has 0 saturated carbocycles. The fraction of sp³-hybridized carbons (Fsp3) is 0.130. The molecule has 2 aromatic heterocycles. The molecule has 0 atom stereocenters. The van der Waals surface area contributed by atoms with Crippen LogP contribution in [0.1, 0.15) is 20.0 Å². The van der Waals surface area contributed by atoms with Gasteiger partial charge in [0, 0.05) is 17.7 Å². The Balaban J connectivity index is 2.17. The van der Waals surface area contributed by atoms with Crippen molar-refractivity contribution in [2.75, 3.05) is 14.2 Å². The summed E-state index contributed by atoms with van der Waals surface area (Å²) in [5.41, 5.74) is 4.67. The molecule has 0 aliphatic heterocycles. The second-order valence-corrected chi connectivity index (χ2v) is 8.03. The number of thiophene rings is 1. The number of carbonyl (C=O) groups excluding carboxylic acids is 2. The Labute approximate surface area is 182 Å². The molecule has 0 aliphatic carbocycles. The Morgan fingerprint density at radius 3 is 2.37 bits per heavy atom. The minimum atomic E-state index is -0.533. The van der Waals surface area contributed by atoms with Gasteiger partial charge >= 0.3 is 5.97 Å². The molecule has 4 rings (SSSR count). The topological polar surface area (TPSA) is 57.5 Å². The smallest absolute Gasteiger partial charge is 0.348 e. The van der Waals surface area contributed by atoms with E-state index in [0.717, 1.165) is 27.1 Å². The third-order valence-electron chi connectivity index (χ3n) is 4.85. The van der Waals surface area contributed by atoms with Gasteiger partial charge < -0.3 is 14.0 Å². The van der Waals surface area contributed by atoms with E-state index < -0.39 is 5.97 Å². The zero-order chi connectivity index (χ0) is 21.3. The third-order valence-corrected chi connectivity index (χ3v) is 6.29. The van der Waals surface area contributed by atoms with Gasteiger partial charge in [0.2, 0.25) is 0 Å². The number of hydrogen-bond acceptors (Lipinski definition) is 5. The molecule has 0 aliphatic rings. The molecule has 152 valence electrons. The highest BCUT2D eigenvalue weighted by molar-refractivity contribution is 7.21. The molecule has 0 bridgehead atoms. The lowest BCUT2D eigenvalue weighted by atomic mass is 10.0. The summed E-state index contributed by atoms with van der Waals surface area (Å²) in [5, 5.41) is 0.633. The first-order valence-electron chi connectivity index (χ1n) is 9.13. The molecule has 0 saturated heterocycles. The van der Waals surface area contributed by atoms with Crippen LogP contribution in [0.4, 0.5) is 0 Å². The normalized spacial score (nSPS) is 11.0. The van der Waals surface area contributed by atoms with E-state index in [1.807, 2.05) is 59.2 Å². The summed E-state index contributed by atoms with van der Waals surface area (Å²) in [7, 11) is 2.90. The van der Waals surface area contributed by atoms with Crippen molar-refractivity contribution in [1.82, 2.24) is 4.57 Å². The lowest BCUT2D eigenvalue weighted by molar-refractivity contribution is 0.0604. The summed E-state index contributed by atoms with van der Waals surface area (Å²) in [4.78, 5) is 24.7. The summed E-state index contributed by atoms with van der Waals surface area (Å²) >= 11 is 7.36. The van der Waals surface area contributed by atoms with Crippen molar-refractivity contribution in [3.8, 4) is 22.4 Å². The number of aromatic nitrogens is 1. The maximum absolute atomic E-state index is 12.3. The summed E-state index contributed by atoms with van der Waals surface area (Å²) in [5.74, 6) is -0.533. The van der Waals surface area contributed by atoms with E-state index >= 15 is 0 Å². The molecule has 0 fully saturated rings. The van der Waals surface area contributed by atoms with Crippen LogP contribution in [0.5, 0.6) is 0 Å². The number of carbonyl (C=O) groups is 2. The Morgan fingerprint density at radius 2 is 1.77 bits per heavy atom. The number of benzene rings is 2. The van der Waals surface area contributed by atoms with E-state index in [4.69, 9.17) is 21.1 Å². The molecule has 0 radical (unpaired) electrons. The predicted octanol–water partition coefficient (Wildman–Crippen LogP) is 5.89. The van der Waals surface area contributed by atoms with Gasteiger partial charge in [-0.25, -0.2) is 4.79 Å². The quantitative estimate of drug-likeness (QED) is 0.277. The summed E-state index contributed by atoms with van der Waals surface area (Å²) < 4.78 is 13.1. The zero-order valence-corrected chi connectivity index (χ0v) is 17.9. The second kappa shape index (κ2) is 8.44. The van der Waals surface area contributed by atoms with Crippen LogP contribution < -0.4 is 0 Å². The van der Waals surface area contributed by atoms with Crippen LogP contribution in [0.15, 0.2) is 54.6 Å². The first-order valence-corrected chi connectivity index (χ1v) is 10.3. The molecule has 0 amide bonds. The largest absolute Gasteiger partial charge is 0.465 e. The van der Waals surface area contributed by atoms with Gasteiger partial charge in [0.1, 0.15) is 11.6 Å².